The molecule has 2 amide bonds. The molecular formula is C21H23F3N2O3. The molecule has 2 saturated heterocycles. The number of ether oxygens (including phenoxy) is 1. The normalized spacial score (nSPS) is 26.1. The molecule has 2 fully saturated rings. The first-order chi connectivity index (χ1) is 13.9. The highest BCUT2D eigenvalue weighted by Crippen LogP contribution is 2.41. The van der Waals surface area contributed by atoms with Crippen LogP contribution in [0.15, 0.2) is 36.0 Å². The van der Waals surface area contributed by atoms with E-state index in [1.807, 2.05) is 0 Å². The summed E-state index contributed by atoms with van der Waals surface area (Å²) in [6.45, 7) is 2.74. The number of hydrogen-bond acceptors (Lipinski definition) is 4. The van der Waals surface area contributed by atoms with Crippen LogP contribution in [-0.2, 0) is 20.5 Å². The Balaban J connectivity index is 1.59. The van der Waals surface area contributed by atoms with Crippen molar-refractivity contribution >= 4 is 17.5 Å². The minimum Gasteiger partial charge on any atom is -0.378 e. The van der Waals surface area contributed by atoms with Crippen LogP contribution in [0, 0.1) is 11.8 Å². The number of halogens is 3. The molecule has 1 aromatic carbocycles. The Morgan fingerprint density at radius 1 is 1.07 bits per heavy atom. The summed E-state index contributed by atoms with van der Waals surface area (Å²) in [5, 5.41) is 0. The molecule has 4 rings (SSSR count). The van der Waals surface area contributed by atoms with E-state index in [9.17, 15) is 22.8 Å². The molecule has 2 unspecified atom stereocenters. The first-order valence-electron chi connectivity index (χ1n) is 9.93. The third-order valence-electron chi connectivity index (χ3n) is 5.93. The molecule has 29 heavy (non-hydrogen) atoms. The van der Waals surface area contributed by atoms with Gasteiger partial charge in [-0.05, 0) is 37.5 Å². The van der Waals surface area contributed by atoms with E-state index in [1.165, 1.54) is 12.1 Å². The molecular weight excluding hydrogens is 385 g/mol. The van der Waals surface area contributed by atoms with E-state index in [-0.39, 0.29) is 18.0 Å². The number of allylic oxidation sites excluding steroid dienone is 2. The van der Waals surface area contributed by atoms with Crippen molar-refractivity contribution in [2.24, 2.45) is 11.8 Å². The van der Waals surface area contributed by atoms with Gasteiger partial charge in [0.2, 0.25) is 11.8 Å². The lowest BCUT2D eigenvalue weighted by molar-refractivity contribution is -0.137. The van der Waals surface area contributed by atoms with Gasteiger partial charge in [-0.25, -0.2) is 0 Å². The number of rotatable bonds is 3. The number of anilines is 1. The number of morpholine rings is 1. The summed E-state index contributed by atoms with van der Waals surface area (Å²) >= 11 is 0. The molecule has 2 atom stereocenters. The molecule has 0 saturated carbocycles. The van der Waals surface area contributed by atoms with E-state index in [0.717, 1.165) is 55.1 Å². The molecule has 0 aromatic heterocycles. The predicted molar refractivity (Wildman–Crippen MR) is 99.9 cm³/mol. The molecule has 1 aromatic rings. The van der Waals surface area contributed by atoms with E-state index in [4.69, 9.17) is 4.74 Å². The SMILES string of the molecule is O=C1CC(C2CCCC=C2N2CCOCC2)C(=O)N1c1cccc(C(F)(F)F)c1. The summed E-state index contributed by atoms with van der Waals surface area (Å²) in [4.78, 5) is 29.0. The fourth-order valence-corrected chi connectivity index (χ4v) is 4.54. The van der Waals surface area contributed by atoms with E-state index in [0.29, 0.717) is 13.2 Å². The number of imide groups is 1. The summed E-state index contributed by atoms with van der Waals surface area (Å²) in [5.74, 6) is -1.47. The Labute approximate surface area is 167 Å². The van der Waals surface area contributed by atoms with Gasteiger partial charge in [-0.2, -0.15) is 13.2 Å². The average Bonchev–Trinajstić information content (AvgIpc) is 3.02. The highest BCUT2D eigenvalue weighted by molar-refractivity contribution is 6.21. The molecule has 0 N–H and O–H groups in total. The van der Waals surface area contributed by atoms with Crippen molar-refractivity contribution in [3.63, 3.8) is 0 Å². The summed E-state index contributed by atoms with van der Waals surface area (Å²) < 4.78 is 44.6. The van der Waals surface area contributed by atoms with Crippen molar-refractivity contribution in [2.45, 2.75) is 31.9 Å². The highest BCUT2D eigenvalue weighted by Gasteiger charge is 2.46. The van der Waals surface area contributed by atoms with Crippen LogP contribution in [0.5, 0.6) is 0 Å². The number of carbonyl (C=O) groups is 2. The second-order valence-corrected chi connectivity index (χ2v) is 7.69. The smallest absolute Gasteiger partial charge is 0.378 e. The van der Waals surface area contributed by atoms with Gasteiger partial charge in [0.25, 0.3) is 0 Å². The summed E-state index contributed by atoms with van der Waals surface area (Å²) in [5.41, 5.74) is 0.201. The van der Waals surface area contributed by atoms with Gasteiger partial charge in [-0.3, -0.25) is 14.5 Å². The number of nitrogens with zero attached hydrogens (tertiary/aromatic N) is 2. The van der Waals surface area contributed by atoms with Gasteiger partial charge in [0, 0.05) is 31.1 Å². The minimum absolute atomic E-state index is 0.00923. The topological polar surface area (TPSA) is 49.9 Å². The fraction of sp³-hybridized carbons (Fsp3) is 0.524. The second kappa shape index (κ2) is 7.82. The molecule has 156 valence electrons. The Hall–Kier alpha value is -2.35. The molecule has 8 heteroatoms. The maximum Gasteiger partial charge on any atom is 0.416 e. The summed E-state index contributed by atoms with van der Waals surface area (Å²) in [6, 6.07) is 4.42. The monoisotopic (exact) mass is 408 g/mol. The second-order valence-electron chi connectivity index (χ2n) is 7.69. The number of amides is 2. The Kier molecular flexibility index (Phi) is 5.38. The Morgan fingerprint density at radius 2 is 1.83 bits per heavy atom. The van der Waals surface area contributed by atoms with Crippen LogP contribution in [-0.4, -0.2) is 43.0 Å². The number of carbonyl (C=O) groups excluding carboxylic acids is 2. The van der Waals surface area contributed by atoms with Crippen molar-refractivity contribution in [2.75, 3.05) is 31.2 Å². The molecule has 0 bridgehead atoms. The van der Waals surface area contributed by atoms with E-state index < -0.39 is 29.5 Å². The molecule has 2 aliphatic heterocycles. The zero-order valence-corrected chi connectivity index (χ0v) is 16.0. The van der Waals surface area contributed by atoms with Crippen molar-refractivity contribution in [1.29, 1.82) is 0 Å². The molecule has 1 aliphatic carbocycles. The standard InChI is InChI=1S/C21H23F3N2O3/c22-21(23,24)14-4-3-5-15(12-14)26-19(27)13-17(20(26)28)16-6-1-2-7-18(16)25-8-10-29-11-9-25/h3-5,7,12,16-17H,1-2,6,8-11,13H2. The quantitative estimate of drug-likeness (QED) is 0.718. The number of benzene rings is 1. The Bertz CT molecular complexity index is 831. The zero-order chi connectivity index (χ0) is 20.6. The van der Waals surface area contributed by atoms with Gasteiger partial charge < -0.3 is 9.64 Å². The lowest BCUT2D eigenvalue weighted by Crippen LogP contribution is -2.41. The lowest BCUT2D eigenvalue weighted by Gasteiger charge is -2.38. The molecule has 3 aliphatic rings. The van der Waals surface area contributed by atoms with E-state index in [1.54, 1.807) is 0 Å². The van der Waals surface area contributed by atoms with Gasteiger partial charge in [0.05, 0.1) is 30.4 Å². The average molecular weight is 408 g/mol. The van der Waals surface area contributed by atoms with E-state index >= 15 is 0 Å². The van der Waals surface area contributed by atoms with Crippen molar-refractivity contribution < 1.29 is 27.5 Å². The zero-order valence-electron chi connectivity index (χ0n) is 16.0. The van der Waals surface area contributed by atoms with Crippen molar-refractivity contribution in [1.82, 2.24) is 4.90 Å². The first-order valence-corrected chi connectivity index (χ1v) is 9.93. The van der Waals surface area contributed by atoms with Gasteiger partial charge in [-0.15, -0.1) is 0 Å². The highest BCUT2D eigenvalue weighted by atomic mass is 19.4. The van der Waals surface area contributed by atoms with Crippen LogP contribution in [0.4, 0.5) is 18.9 Å². The fourth-order valence-electron chi connectivity index (χ4n) is 4.54. The van der Waals surface area contributed by atoms with Gasteiger partial charge in [0.15, 0.2) is 0 Å². The predicted octanol–water partition coefficient (Wildman–Crippen LogP) is 3.60. The Morgan fingerprint density at radius 3 is 2.55 bits per heavy atom. The van der Waals surface area contributed by atoms with Crippen LogP contribution in [0.25, 0.3) is 0 Å². The molecule has 5 nitrogen and oxygen atoms in total. The van der Waals surface area contributed by atoms with Crippen LogP contribution >= 0.6 is 0 Å². The van der Waals surface area contributed by atoms with Gasteiger partial charge in [0.1, 0.15) is 0 Å². The van der Waals surface area contributed by atoms with Crippen LogP contribution < -0.4 is 4.90 Å². The maximum absolute atomic E-state index is 13.2. The van der Waals surface area contributed by atoms with Gasteiger partial charge in [-0.1, -0.05) is 12.1 Å². The third-order valence-corrected chi connectivity index (χ3v) is 5.93. The third kappa shape index (κ3) is 3.90. The summed E-state index contributed by atoms with van der Waals surface area (Å²) in [7, 11) is 0. The largest absolute Gasteiger partial charge is 0.416 e. The van der Waals surface area contributed by atoms with Crippen molar-refractivity contribution in [3.8, 4) is 0 Å². The van der Waals surface area contributed by atoms with E-state index in [2.05, 4.69) is 11.0 Å². The first kappa shape index (κ1) is 19.9. The van der Waals surface area contributed by atoms with Crippen LogP contribution in [0.2, 0.25) is 0 Å². The van der Waals surface area contributed by atoms with Crippen molar-refractivity contribution in [3.05, 3.63) is 41.6 Å². The number of alkyl halides is 3. The maximum atomic E-state index is 13.2. The minimum atomic E-state index is -4.53. The van der Waals surface area contributed by atoms with Gasteiger partial charge >= 0.3 is 6.18 Å². The van der Waals surface area contributed by atoms with Crippen LogP contribution in [0.3, 0.4) is 0 Å². The molecule has 0 spiro atoms. The number of hydrogen-bond donors (Lipinski definition) is 0. The molecule has 0 radical (unpaired) electrons. The molecule has 2 heterocycles. The van der Waals surface area contributed by atoms with Crippen LogP contribution in [0.1, 0.15) is 31.2 Å². The summed E-state index contributed by atoms with van der Waals surface area (Å²) in [6.07, 6.45) is 0.293. The lowest BCUT2D eigenvalue weighted by atomic mass is 9.80.